The number of methoxy groups -OCH3 is 2. The Balaban J connectivity index is 1.68. The van der Waals surface area contributed by atoms with Crippen LogP contribution in [0.2, 0.25) is 0 Å². The predicted molar refractivity (Wildman–Crippen MR) is 146 cm³/mol. The van der Waals surface area contributed by atoms with Crippen molar-refractivity contribution >= 4 is 11.9 Å². The summed E-state index contributed by atoms with van der Waals surface area (Å²) in [6.07, 6.45) is 3.59. The van der Waals surface area contributed by atoms with Crippen LogP contribution < -0.4 is 9.47 Å². The van der Waals surface area contributed by atoms with E-state index in [-0.39, 0.29) is 24.1 Å². The molecule has 8 heteroatoms. The number of esters is 2. The normalized spacial score (nSPS) is 28.5. The molecule has 8 nitrogen and oxygen atoms in total. The molecular formula is C31H39NO7. The molecule has 3 aliphatic heterocycles. The van der Waals surface area contributed by atoms with Crippen LogP contribution in [0.4, 0.5) is 0 Å². The molecule has 3 heterocycles. The fraction of sp³-hybridized carbons (Fsp3) is 0.548. The van der Waals surface area contributed by atoms with Crippen molar-refractivity contribution in [3.05, 3.63) is 47.5 Å². The monoisotopic (exact) mass is 537 g/mol. The minimum absolute atomic E-state index is 0.101. The summed E-state index contributed by atoms with van der Waals surface area (Å²) in [6.45, 7) is 2.80. The molecule has 6 atom stereocenters. The minimum atomic E-state index is -0.569. The Labute approximate surface area is 230 Å². The molecule has 0 aromatic heterocycles. The van der Waals surface area contributed by atoms with Crippen molar-refractivity contribution in [1.29, 1.82) is 0 Å². The lowest BCUT2D eigenvalue weighted by Crippen LogP contribution is -2.62. The van der Waals surface area contributed by atoms with Crippen LogP contribution in [0.15, 0.2) is 36.4 Å². The number of hydrogen-bond acceptors (Lipinski definition) is 8. The fourth-order valence-corrected chi connectivity index (χ4v) is 6.93. The van der Waals surface area contributed by atoms with E-state index in [2.05, 4.69) is 29.2 Å². The molecular weight excluding hydrogens is 498 g/mol. The fourth-order valence-electron chi connectivity index (χ4n) is 6.93. The first-order valence-corrected chi connectivity index (χ1v) is 13.9. The summed E-state index contributed by atoms with van der Waals surface area (Å²) in [4.78, 5) is 26.8. The van der Waals surface area contributed by atoms with Crippen LogP contribution in [0.3, 0.4) is 0 Å². The number of piperidine rings is 2. The zero-order valence-electron chi connectivity index (χ0n) is 23.2. The third-order valence-electron chi connectivity index (χ3n) is 8.50. The van der Waals surface area contributed by atoms with Gasteiger partial charge in [-0.1, -0.05) is 18.6 Å². The average Bonchev–Trinajstić information content (AvgIpc) is 2.92. The maximum Gasteiger partial charge on any atom is 0.303 e. The van der Waals surface area contributed by atoms with E-state index in [4.69, 9.17) is 18.9 Å². The number of ether oxygens (including phenoxy) is 4. The van der Waals surface area contributed by atoms with Gasteiger partial charge < -0.3 is 24.1 Å². The Hall–Kier alpha value is -3.10. The second kappa shape index (κ2) is 11.6. The maximum absolute atomic E-state index is 12.2. The molecule has 2 fully saturated rings. The lowest BCUT2D eigenvalue weighted by Gasteiger charge is -2.54. The van der Waals surface area contributed by atoms with Crippen molar-refractivity contribution < 1.29 is 33.6 Å². The van der Waals surface area contributed by atoms with E-state index in [1.165, 1.54) is 13.8 Å². The van der Waals surface area contributed by atoms with E-state index < -0.39 is 24.3 Å². The summed E-state index contributed by atoms with van der Waals surface area (Å²) in [5.41, 5.74) is 4.03. The van der Waals surface area contributed by atoms with Crippen molar-refractivity contribution in [2.45, 2.75) is 95.2 Å². The molecule has 3 unspecified atom stereocenters. The molecule has 2 aromatic carbocycles. The van der Waals surface area contributed by atoms with Gasteiger partial charge in [-0.05, 0) is 67.5 Å². The second-order valence-electron chi connectivity index (χ2n) is 11.0. The van der Waals surface area contributed by atoms with Gasteiger partial charge in [-0.3, -0.25) is 14.5 Å². The van der Waals surface area contributed by atoms with Gasteiger partial charge in [0, 0.05) is 43.5 Å². The molecule has 2 aromatic rings. The van der Waals surface area contributed by atoms with E-state index in [0.717, 1.165) is 59.4 Å². The first-order valence-electron chi connectivity index (χ1n) is 13.9. The molecule has 0 radical (unpaired) electrons. The Morgan fingerprint density at radius 2 is 1.56 bits per heavy atom. The van der Waals surface area contributed by atoms with Gasteiger partial charge in [0.25, 0.3) is 0 Å². The first-order chi connectivity index (χ1) is 18.8. The van der Waals surface area contributed by atoms with Crippen LogP contribution >= 0.6 is 0 Å². The lowest BCUT2D eigenvalue weighted by atomic mass is 9.78. The lowest BCUT2D eigenvalue weighted by molar-refractivity contribution is -0.191. The average molecular weight is 538 g/mol. The molecule has 3 aliphatic rings. The summed E-state index contributed by atoms with van der Waals surface area (Å²) in [7, 11) is 3.33. The summed E-state index contributed by atoms with van der Waals surface area (Å²) in [5.74, 6) is 0.701. The number of aryl methyl sites for hydroxylation is 1. The van der Waals surface area contributed by atoms with Crippen molar-refractivity contribution in [3.8, 4) is 22.6 Å². The zero-order valence-corrected chi connectivity index (χ0v) is 23.2. The van der Waals surface area contributed by atoms with E-state index >= 15 is 0 Å². The van der Waals surface area contributed by atoms with Gasteiger partial charge in [0.2, 0.25) is 0 Å². The predicted octanol–water partition coefficient (Wildman–Crippen LogP) is 4.60. The number of carbonyl (C=O) groups excluding carboxylic acids is 2. The molecule has 0 saturated carbocycles. The van der Waals surface area contributed by atoms with Crippen LogP contribution in [0.1, 0.15) is 69.5 Å². The maximum atomic E-state index is 12.2. The molecule has 5 rings (SSSR count). The van der Waals surface area contributed by atoms with Gasteiger partial charge in [0.1, 0.15) is 17.6 Å². The molecule has 2 saturated heterocycles. The Bertz CT molecular complexity index is 1210. The van der Waals surface area contributed by atoms with Crippen LogP contribution in [0.25, 0.3) is 11.1 Å². The molecule has 4 bridgehead atoms. The van der Waals surface area contributed by atoms with Gasteiger partial charge in [-0.25, -0.2) is 0 Å². The highest BCUT2D eigenvalue weighted by Crippen LogP contribution is 2.47. The van der Waals surface area contributed by atoms with Crippen LogP contribution in [0, 0.1) is 0 Å². The second-order valence-corrected chi connectivity index (χ2v) is 11.0. The highest BCUT2D eigenvalue weighted by atomic mass is 16.6. The number of benzene rings is 2. The summed E-state index contributed by atoms with van der Waals surface area (Å²) in [6, 6.07) is 12.2. The molecule has 210 valence electrons. The summed E-state index contributed by atoms with van der Waals surface area (Å²) >= 11 is 0. The number of hydrogen-bond donors (Lipinski definition) is 1. The quantitative estimate of drug-likeness (QED) is 0.566. The number of nitrogens with zero attached hydrogens (tertiary/aromatic N) is 1. The van der Waals surface area contributed by atoms with Crippen LogP contribution in [0.5, 0.6) is 11.5 Å². The van der Waals surface area contributed by atoms with Gasteiger partial charge >= 0.3 is 11.9 Å². The third kappa shape index (κ3) is 5.63. The van der Waals surface area contributed by atoms with E-state index in [1.807, 2.05) is 12.1 Å². The molecule has 0 amide bonds. The van der Waals surface area contributed by atoms with Gasteiger partial charge in [-0.2, -0.15) is 0 Å². The summed E-state index contributed by atoms with van der Waals surface area (Å²) < 4.78 is 23.2. The zero-order chi connectivity index (χ0) is 27.7. The summed E-state index contributed by atoms with van der Waals surface area (Å²) in [5, 5.41) is 11.2. The number of carbonyl (C=O) groups is 2. The molecule has 39 heavy (non-hydrogen) atoms. The van der Waals surface area contributed by atoms with Crippen LogP contribution in [-0.2, 0) is 25.5 Å². The molecule has 0 aliphatic carbocycles. The number of rotatable bonds is 4. The van der Waals surface area contributed by atoms with Crippen molar-refractivity contribution in [2.24, 2.45) is 0 Å². The Morgan fingerprint density at radius 1 is 0.872 bits per heavy atom. The van der Waals surface area contributed by atoms with Crippen molar-refractivity contribution in [3.63, 3.8) is 0 Å². The molecule has 0 spiro atoms. The number of aliphatic hydroxyl groups excluding tert-OH is 1. The van der Waals surface area contributed by atoms with E-state index in [1.54, 1.807) is 14.2 Å². The standard InChI is InChI=1S/C31H39NO7/c1-18(33)38-30-17-27-21-10-13-29(37-4)25(15-21)24-14-20(9-12-28(24)36-3)8-11-23(35)16-22-6-5-7-26(32(22)27)31(30)39-19(2)34/h9-10,12-15,22-23,26-27,30-31,35H,5-8,11,16-17H2,1-4H3/t22-,23+,26?,27+,30?,31?/m0/s1. The van der Waals surface area contributed by atoms with Gasteiger partial charge in [-0.15, -0.1) is 0 Å². The highest BCUT2D eigenvalue weighted by Gasteiger charge is 2.50. The third-order valence-corrected chi connectivity index (χ3v) is 8.50. The Morgan fingerprint density at radius 3 is 2.26 bits per heavy atom. The SMILES string of the molecule is COc1ccc2cc1-c1cc(ccc1OC)[C@H]1CC(OC(C)=O)C(OC(C)=O)C3CCC[C@@H](C[C@H](O)CC2)N31. The Kier molecular flexibility index (Phi) is 8.14. The van der Waals surface area contributed by atoms with Crippen molar-refractivity contribution in [2.75, 3.05) is 14.2 Å². The smallest absolute Gasteiger partial charge is 0.303 e. The van der Waals surface area contributed by atoms with Crippen molar-refractivity contribution in [1.82, 2.24) is 4.90 Å². The minimum Gasteiger partial charge on any atom is -0.496 e. The molecule has 1 N–H and O–H groups in total. The van der Waals surface area contributed by atoms with E-state index in [0.29, 0.717) is 19.3 Å². The number of fused-ring (bicyclic) bond motifs is 6. The van der Waals surface area contributed by atoms with Gasteiger partial charge in [0.05, 0.1) is 26.4 Å². The van der Waals surface area contributed by atoms with Crippen LogP contribution in [-0.4, -0.2) is 66.6 Å². The first kappa shape index (κ1) is 27.5. The topological polar surface area (TPSA) is 94.5 Å². The highest BCUT2D eigenvalue weighted by molar-refractivity contribution is 5.77. The number of aliphatic hydroxyl groups is 1. The van der Waals surface area contributed by atoms with Gasteiger partial charge in [0.15, 0.2) is 6.10 Å². The largest absolute Gasteiger partial charge is 0.496 e. The van der Waals surface area contributed by atoms with E-state index in [9.17, 15) is 14.7 Å².